The Morgan fingerprint density at radius 3 is 2.45 bits per heavy atom. The fourth-order valence-electron chi connectivity index (χ4n) is 2.28. The fourth-order valence-corrected chi connectivity index (χ4v) is 2.28. The van der Waals surface area contributed by atoms with Gasteiger partial charge in [-0.25, -0.2) is 0 Å². The Morgan fingerprint density at radius 1 is 1.00 bits per heavy atom. The van der Waals surface area contributed by atoms with Gasteiger partial charge in [0.2, 0.25) is 0 Å². The number of nitrogens with zero attached hydrogens (tertiary/aromatic N) is 1. The van der Waals surface area contributed by atoms with Crippen LogP contribution in [0.2, 0.25) is 0 Å². The highest BCUT2D eigenvalue weighted by molar-refractivity contribution is 5.95. The molecule has 3 rings (SSSR count). The highest BCUT2D eigenvalue weighted by Crippen LogP contribution is 2.32. The van der Waals surface area contributed by atoms with Gasteiger partial charge in [-0.2, -0.15) is 0 Å². The average Bonchev–Trinajstić information content (AvgIpc) is 2.58. The van der Waals surface area contributed by atoms with Gasteiger partial charge in [0, 0.05) is 17.6 Å². The summed E-state index contributed by atoms with van der Waals surface area (Å²) >= 11 is 0. The molecule has 1 aromatic heterocycles. The molecule has 0 aliphatic heterocycles. The van der Waals surface area contributed by atoms with Crippen molar-refractivity contribution in [2.75, 3.05) is 7.11 Å². The van der Waals surface area contributed by atoms with Gasteiger partial charge >= 0.3 is 0 Å². The number of aryl methyl sites for hydroxylation is 1. The third-order valence-electron chi connectivity index (χ3n) is 3.47. The van der Waals surface area contributed by atoms with Gasteiger partial charge in [0.25, 0.3) is 0 Å². The molecule has 3 nitrogen and oxygen atoms in total. The summed E-state index contributed by atoms with van der Waals surface area (Å²) in [4.78, 5) is 4.37. The monoisotopic (exact) mass is 295 g/mol. The van der Waals surface area contributed by atoms with Gasteiger partial charge in [0.15, 0.2) is 0 Å². The Labute approximate surface area is 131 Å². The maximum absolute atomic E-state index is 9.88. The number of benzene rings is 2. The van der Waals surface area contributed by atoms with Gasteiger partial charge in [-0.1, -0.05) is 26.0 Å². The van der Waals surface area contributed by atoms with Crippen LogP contribution in [-0.4, -0.2) is 17.2 Å². The van der Waals surface area contributed by atoms with E-state index < -0.39 is 0 Å². The predicted molar refractivity (Wildman–Crippen MR) is 91.5 cm³/mol. The smallest absolute Gasteiger partial charge is 0.121 e. The van der Waals surface area contributed by atoms with E-state index in [1.54, 1.807) is 19.4 Å². The average molecular weight is 295 g/mol. The number of fused-ring (bicyclic) bond motifs is 1. The molecule has 0 spiro atoms. The molecule has 0 amide bonds. The molecule has 2 aromatic carbocycles. The molecule has 0 atom stereocenters. The van der Waals surface area contributed by atoms with Crippen molar-refractivity contribution in [3.8, 4) is 22.6 Å². The molecule has 0 bridgehead atoms. The van der Waals surface area contributed by atoms with Gasteiger partial charge in [-0.3, -0.25) is 4.98 Å². The Kier molecular flexibility index (Phi) is 4.99. The second-order valence-electron chi connectivity index (χ2n) is 4.74. The van der Waals surface area contributed by atoms with Crippen LogP contribution in [0.1, 0.15) is 19.4 Å². The van der Waals surface area contributed by atoms with Crippen LogP contribution in [0, 0.1) is 6.92 Å². The minimum atomic E-state index is 0.306. The lowest BCUT2D eigenvalue weighted by atomic mass is 10.00. The molecule has 0 unspecified atom stereocenters. The zero-order valence-electron chi connectivity index (χ0n) is 13.4. The van der Waals surface area contributed by atoms with Crippen molar-refractivity contribution < 1.29 is 9.84 Å². The topological polar surface area (TPSA) is 42.4 Å². The highest BCUT2D eigenvalue weighted by atomic mass is 16.5. The van der Waals surface area contributed by atoms with E-state index in [9.17, 15) is 5.11 Å². The van der Waals surface area contributed by atoms with Crippen LogP contribution in [0.25, 0.3) is 22.0 Å². The second kappa shape index (κ2) is 6.94. The van der Waals surface area contributed by atoms with E-state index in [0.29, 0.717) is 5.75 Å². The first-order valence-corrected chi connectivity index (χ1v) is 7.42. The zero-order valence-corrected chi connectivity index (χ0v) is 13.4. The van der Waals surface area contributed by atoms with Crippen molar-refractivity contribution in [3.05, 3.63) is 54.2 Å². The summed E-state index contributed by atoms with van der Waals surface area (Å²) in [6.45, 7) is 5.88. The number of ether oxygens (including phenoxy) is 1. The molecule has 1 N–H and O–H groups in total. The number of phenolic OH excluding ortho intramolecular Hbond substituents is 1. The molecule has 0 aliphatic carbocycles. The number of aromatic nitrogens is 1. The number of aromatic hydroxyl groups is 1. The van der Waals surface area contributed by atoms with Crippen LogP contribution in [-0.2, 0) is 0 Å². The summed E-state index contributed by atoms with van der Waals surface area (Å²) in [6.07, 6.45) is 1.77. The summed E-state index contributed by atoms with van der Waals surface area (Å²) in [6, 6.07) is 13.5. The van der Waals surface area contributed by atoms with E-state index in [-0.39, 0.29) is 0 Å². The maximum atomic E-state index is 9.88. The standard InChI is InChI=1S/C17H15NO2.C2H6/c1-11-3-4-12(9-17(11)19)14-7-8-18-16-10-13(20-2)5-6-15(14)16;1-2/h3-10,19H,1-2H3;1-2H3. The highest BCUT2D eigenvalue weighted by Gasteiger charge is 2.07. The largest absolute Gasteiger partial charge is 0.508 e. The Bertz CT molecular complexity index is 781. The molecule has 1 heterocycles. The van der Waals surface area contributed by atoms with Gasteiger partial charge < -0.3 is 9.84 Å². The van der Waals surface area contributed by atoms with Crippen molar-refractivity contribution in [2.45, 2.75) is 20.8 Å². The lowest BCUT2D eigenvalue weighted by Crippen LogP contribution is -1.87. The van der Waals surface area contributed by atoms with Crippen molar-refractivity contribution in [1.82, 2.24) is 4.98 Å². The summed E-state index contributed by atoms with van der Waals surface area (Å²) in [5, 5.41) is 10.9. The van der Waals surface area contributed by atoms with E-state index in [4.69, 9.17) is 4.74 Å². The molecule has 114 valence electrons. The Hall–Kier alpha value is -2.55. The van der Waals surface area contributed by atoms with E-state index in [2.05, 4.69) is 4.98 Å². The maximum Gasteiger partial charge on any atom is 0.121 e. The SMILES string of the molecule is CC.COc1ccc2c(-c3ccc(C)c(O)c3)ccnc2c1. The van der Waals surface area contributed by atoms with Crippen molar-refractivity contribution in [1.29, 1.82) is 0 Å². The van der Waals surface area contributed by atoms with E-state index >= 15 is 0 Å². The lowest BCUT2D eigenvalue weighted by molar-refractivity contribution is 0.415. The quantitative estimate of drug-likeness (QED) is 0.727. The van der Waals surface area contributed by atoms with Crippen LogP contribution in [0.4, 0.5) is 0 Å². The van der Waals surface area contributed by atoms with Crippen LogP contribution in [0.3, 0.4) is 0 Å². The van der Waals surface area contributed by atoms with E-state index in [0.717, 1.165) is 33.3 Å². The summed E-state index contributed by atoms with van der Waals surface area (Å²) in [5.74, 6) is 1.09. The van der Waals surface area contributed by atoms with Crippen molar-refractivity contribution in [3.63, 3.8) is 0 Å². The van der Waals surface area contributed by atoms with Crippen LogP contribution in [0.15, 0.2) is 48.7 Å². The third kappa shape index (κ3) is 3.03. The molecule has 0 fully saturated rings. The molecule has 0 saturated carbocycles. The van der Waals surface area contributed by atoms with Gasteiger partial charge in [0.05, 0.1) is 12.6 Å². The minimum Gasteiger partial charge on any atom is -0.508 e. The Balaban J connectivity index is 0.000000847. The lowest BCUT2D eigenvalue weighted by Gasteiger charge is -2.09. The molecule has 3 aromatic rings. The predicted octanol–water partition coefficient (Wildman–Crippen LogP) is 4.95. The number of hydrogen-bond donors (Lipinski definition) is 1. The fraction of sp³-hybridized carbons (Fsp3) is 0.211. The Morgan fingerprint density at radius 2 is 1.77 bits per heavy atom. The molecular formula is C19H21NO2. The number of hydrogen-bond acceptors (Lipinski definition) is 3. The van der Waals surface area contributed by atoms with E-state index in [1.165, 1.54) is 0 Å². The minimum absolute atomic E-state index is 0.306. The normalized spacial score (nSPS) is 10.0. The molecule has 0 radical (unpaired) electrons. The van der Waals surface area contributed by atoms with Crippen molar-refractivity contribution in [2.24, 2.45) is 0 Å². The molecule has 22 heavy (non-hydrogen) atoms. The van der Waals surface area contributed by atoms with Crippen LogP contribution in [0.5, 0.6) is 11.5 Å². The van der Waals surface area contributed by atoms with Crippen molar-refractivity contribution >= 4 is 10.9 Å². The zero-order chi connectivity index (χ0) is 16.1. The number of methoxy groups -OCH3 is 1. The van der Waals surface area contributed by atoms with Crippen LogP contribution >= 0.6 is 0 Å². The third-order valence-corrected chi connectivity index (χ3v) is 3.47. The summed E-state index contributed by atoms with van der Waals surface area (Å²) in [5.41, 5.74) is 3.77. The second-order valence-corrected chi connectivity index (χ2v) is 4.74. The van der Waals surface area contributed by atoms with Gasteiger partial charge in [-0.05, 0) is 47.9 Å². The number of phenols is 1. The first-order chi connectivity index (χ1) is 10.7. The number of rotatable bonds is 2. The summed E-state index contributed by atoms with van der Waals surface area (Å²) < 4.78 is 5.22. The van der Waals surface area contributed by atoms with Gasteiger partial charge in [0.1, 0.15) is 11.5 Å². The first-order valence-electron chi connectivity index (χ1n) is 7.42. The first kappa shape index (κ1) is 15.8. The molecule has 0 aliphatic rings. The number of pyridine rings is 1. The summed E-state index contributed by atoms with van der Waals surface area (Å²) in [7, 11) is 1.64. The molecule has 3 heteroatoms. The van der Waals surface area contributed by atoms with E-state index in [1.807, 2.05) is 57.2 Å². The molecule has 0 saturated heterocycles. The van der Waals surface area contributed by atoms with Crippen LogP contribution < -0.4 is 4.74 Å². The van der Waals surface area contributed by atoms with Gasteiger partial charge in [-0.15, -0.1) is 0 Å². The molecular weight excluding hydrogens is 274 g/mol.